The number of rotatable bonds is 6. The van der Waals surface area contributed by atoms with Crippen LogP contribution in [0.4, 0.5) is 0 Å². The van der Waals surface area contributed by atoms with E-state index in [2.05, 4.69) is 24.5 Å². The molecule has 0 atom stereocenters. The van der Waals surface area contributed by atoms with Crippen molar-refractivity contribution in [3.8, 4) is 0 Å². The zero-order chi connectivity index (χ0) is 19.1. The summed E-state index contributed by atoms with van der Waals surface area (Å²) in [6, 6.07) is 0. The van der Waals surface area contributed by atoms with Crippen molar-refractivity contribution < 1.29 is 37.5 Å². The molecule has 0 unspecified atom stereocenters. The fourth-order valence-corrected chi connectivity index (χ4v) is 0.868. The van der Waals surface area contributed by atoms with Gasteiger partial charge in [0.1, 0.15) is 6.61 Å². The van der Waals surface area contributed by atoms with Gasteiger partial charge in [0.25, 0.3) is 10.1 Å². The van der Waals surface area contributed by atoms with Gasteiger partial charge in [0, 0.05) is 11.6 Å². The van der Waals surface area contributed by atoms with E-state index in [0.29, 0.717) is 16.6 Å². The van der Waals surface area contributed by atoms with Gasteiger partial charge in [-0.25, -0.2) is 9.59 Å². The van der Waals surface area contributed by atoms with Crippen LogP contribution in [0.5, 0.6) is 0 Å². The third kappa shape index (κ3) is 32.9. The van der Waals surface area contributed by atoms with Crippen molar-refractivity contribution in [2.75, 3.05) is 13.2 Å². The molecule has 9 heteroatoms. The standard InChI is InChI=1S/C6H10O3.C5H8O3S.C3H4O2/c1-5(2)6(8)9-4-3-7;1-5(2)3-4-9(6,7)8;1-2-3(4)5/h7H,1,3-4H2,2H3;3-4H,1H2,2H3,(H,6,7,8);2H,1H2,(H,4,5). The summed E-state index contributed by atoms with van der Waals surface area (Å²) in [7, 11) is -3.96. The van der Waals surface area contributed by atoms with Gasteiger partial charge in [-0.05, 0) is 19.9 Å². The maximum atomic E-state index is 10.5. The monoisotopic (exact) mass is 350 g/mol. The highest BCUT2D eigenvalue weighted by atomic mass is 32.2. The van der Waals surface area contributed by atoms with Gasteiger partial charge >= 0.3 is 11.9 Å². The number of esters is 1. The molecule has 0 radical (unpaired) electrons. The lowest BCUT2D eigenvalue weighted by Gasteiger charge is -1.99. The Morgan fingerprint density at radius 2 is 1.65 bits per heavy atom. The van der Waals surface area contributed by atoms with Crippen LogP contribution < -0.4 is 0 Å². The number of hydrogen-bond donors (Lipinski definition) is 3. The lowest BCUT2D eigenvalue weighted by atomic mass is 10.4. The molecular weight excluding hydrogens is 328 g/mol. The maximum Gasteiger partial charge on any atom is 0.333 e. The SMILES string of the molecule is C=C(C)C(=O)OCCO.C=C(C)C=CS(=O)(=O)O.C=CC(=O)O. The van der Waals surface area contributed by atoms with Crippen LogP contribution in [-0.2, 0) is 24.4 Å². The molecule has 0 saturated carbocycles. The molecule has 8 nitrogen and oxygen atoms in total. The zero-order valence-electron chi connectivity index (χ0n) is 13.1. The molecule has 132 valence electrons. The summed E-state index contributed by atoms with van der Waals surface area (Å²) >= 11 is 0. The maximum absolute atomic E-state index is 10.5. The van der Waals surface area contributed by atoms with E-state index in [9.17, 15) is 18.0 Å². The van der Waals surface area contributed by atoms with Crippen molar-refractivity contribution >= 4 is 22.1 Å². The highest BCUT2D eigenvalue weighted by Gasteiger charge is 1.99. The second-order valence-corrected chi connectivity index (χ2v) is 5.15. The Bertz CT molecular complexity index is 543. The number of carboxylic acids is 1. The number of carbonyl (C=O) groups excluding carboxylic acids is 1. The van der Waals surface area contributed by atoms with Gasteiger partial charge in [-0.15, -0.1) is 0 Å². The van der Waals surface area contributed by atoms with Crippen molar-refractivity contribution in [2.45, 2.75) is 13.8 Å². The lowest BCUT2D eigenvalue weighted by molar-refractivity contribution is -0.139. The predicted molar refractivity (Wildman–Crippen MR) is 86.2 cm³/mol. The molecule has 0 aliphatic heterocycles. The van der Waals surface area contributed by atoms with Crippen LogP contribution >= 0.6 is 0 Å². The highest BCUT2D eigenvalue weighted by molar-refractivity contribution is 7.88. The summed E-state index contributed by atoms with van der Waals surface area (Å²) in [6.45, 7) is 12.8. The second kappa shape index (κ2) is 14.7. The largest absolute Gasteiger partial charge is 0.478 e. The first kappa shape index (κ1) is 25.7. The fourth-order valence-electron chi connectivity index (χ4n) is 0.464. The highest BCUT2D eigenvalue weighted by Crippen LogP contribution is 1.92. The van der Waals surface area contributed by atoms with Gasteiger partial charge in [-0.2, -0.15) is 8.42 Å². The minimum absolute atomic E-state index is 0.0473. The molecule has 0 heterocycles. The first-order valence-electron chi connectivity index (χ1n) is 5.97. The van der Waals surface area contributed by atoms with Gasteiger partial charge in [-0.3, -0.25) is 4.55 Å². The van der Waals surface area contributed by atoms with Crippen LogP contribution in [0.3, 0.4) is 0 Å². The Balaban J connectivity index is -0.000000273. The Kier molecular flexibility index (Phi) is 16.4. The molecule has 23 heavy (non-hydrogen) atoms. The molecule has 0 rings (SSSR count). The smallest absolute Gasteiger partial charge is 0.333 e. The van der Waals surface area contributed by atoms with E-state index in [1.54, 1.807) is 13.8 Å². The summed E-state index contributed by atoms with van der Waals surface area (Å²) in [5, 5.41) is 16.5. The number of carboxylic acid groups (broad SMARTS) is 1. The zero-order valence-corrected chi connectivity index (χ0v) is 13.9. The molecular formula is C14H22O8S. The molecule has 0 aromatic rings. The topological polar surface area (TPSA) is 138 Å². The van der Waals surface area contributed by atoms with Gasteiger partial charge in [0.05, 0.1) is 12.0 Å². The van der Waals surface area contributed by atoms with Gasteiger partial charge in [-0.1, -0.05) is 25.3 Å². The molecule has 3 N–H and O–H groups in total. The summed E-state index contributed by atoms with van der Waals surface area (Å²) in [5.74, 6) is -1.44. The molecule has 0 fully saturated rings. The van der Waals surface area contributed by atoms with E-state index in [-0.39, 0.29) is 13.2 Å². The molecule has 0 aromatic carbocycles. The van der Waals surface area contributed by atoms with E-state index in [1.807, 2.05) is 0 Å². The number of carbonyl (C=O) groups is 2. The second-order valence-electron chi connectivity index (χ2n) is 3.85. The van der Waals surface area contributed by atoms with E-state index < -0.39 is 22.1 Å². The number of allylic oxidation sites excluding steroid dienone is 2. The number of ether oxygens (including phenoxy) is 1. The minimum atomic E-state index is -3.96. The first-order chi connectivity index (χ1) is 10.4. The summed E-state index contributed by atoms with van der Waals surface area (Å²) in [4.78, 5) is 19.7. The number of hydrogen-bond acceptors (Lipinski definition) is 6. The van der Waals surface area contributed by atoms with Crippen LogP contribution in [0, 0.1) is 0 Å². The Morgan fingerprint density at radius 1 is 1.22 bits per heavy atom. The quantitative estimate of drug-likeness (QED) is 0.282. The van der Waals surface area contributed by atoms with Gasteiger partial charge < -0.3 is 14.9 Å². The van der Waals surface area contributed by atoms with Gasteiger partial charge in [0.2, 0.25) is 0 Å². The first-order valence-corrected chi connectivity index (χ1v) is 7.47. The normalized spacial score (nSPS) is 9.57. The molecule has 0 aliphatic carbocycles. The fraction of sp³-hybridized carbons (Fsp3) is 0.286. The molecule has 0 saturated heterocycles. The number of aliphatic hydroxyl groups excluding tert-OH is 1. The van der Waals surface area contributed by atoms with Crippen molar-refractivity contribution in [3.05, 3.63) is 48.4 Å². The average Bonchev–Trinajstić information content (AvgIpc) is 2.43. The van der Waals surface area contributed by atoms with E-state index >= 15 is 0 Å². The molecule has 0 aliphatic rings. The summed E-state index contributed by atoms with van der Waals surface area (Å²) in [5.41, 5.74) is 0.927. The molecule has 0 amide bonds. The van der Waals surface area contributed by atoms with E-state index in [0.717, 1.165) is 6.08 Å². The molecule has 0 bridgehead atoms. The van der Waals surface area contributed by atoms with Crippen molar-refractivity contribution in [1.29, 1.82) is 0 Å². The van der Waals surface area contributed by atoms with Crippen LogP contribution in [0.1, 0.15) is 13.8 Å². The number of aliphatic hydroxyl groups is 1. The third-order valence-corrected chi connectivity index (χ3v) is 1.85. The predicted octanol–water partition coefficient (Wildman–Crippen LogP) is 1.32. The Hall–Kier alpha value is -2.23. The average molecular weight is 350 g/mol. The van der Waals surface area contributed by atoms with Crippen molar-refractivity contribution in [2.24, 2.45) is 0 Å². The third-order valence-electron chi connectivity index (χ3n) is 1.37. The van der Waals surface area contributed by atoms with Crippen molar-refractivity contribution in [1.82, 2.24) is 0 Å². The van der Waals surface area contributed by atoms with Gasteiger partial charge in [0.15, 0.2) is 0 Å². The molecule has 0 spiro atoms. The summed E-state index contributed by atoms with van der Waals surface area (Å²) < 4.78 is 32.5. The van der Waals surface area contributed by atoms with Crippen LogP contribution in [-0.4, -0.2) is 48.3 Å². The van der Waals surface area contributed by atoms with E-state index in [4.69, 9.17) is 14.8 Å². The van der Waals surface area contributed by atoms with Crippen molar-refractivity contribution in [3.63, 3.8) is 0 Å². The minimum Gasteiger partial charge on any atom is -0.478 e. The van der Waals surface area contributed by atoms with E-state index in [1.165, 1.54) is 6.08 Å². The molecule has 0 aromatic heterocycles. The lowest BCUT2D eigenvalue weighted by Crippen LogP contribution is -2.08. The summed E-state index contributed by atoms with van der Waals surface area (Å²) in [6.07, 6.45) is 2.05. The number of aliphatic carboxylic acids is 1. The van der Waals surface area contributed by atoms with Crippen LogP contribution in [0.15, 0.2) is 48.4 Å². The van der Waals surface area contributed by atoms with Crippen LogP contribution in [0.25, 0.3) is 0 Å². The van der Waals surface area contributed by atoms with Crippen LogP contribution in [0.2, 0.25) is 0 Å². The Labute approximate surface area is 135 Å². The Morgan fingerprint density at radius 3 is 1.83 bits per heavy atom.